The summed E-state index contributed by atoms with van der Waals surface area (Å²) in [4.78, 5) is 10.5. The average Bonchev–Trinajstić information content (AvgIpc) is 2.40. The van der Waals surface area contributed by atoms with Crippen LogP contribution in [0, 0.1) is 17.3 Å². The van der Waals surface area contributed by atoms with Crippen molar-refractivity contribution in [2.45, 2.75) is 33.6 Å². The van der Waals surface area contributed by atoms with E-state index in [1.54, 1.807) is 0 Å². The Kier molecular flexibility index (Phi) is 1.95. The number of carboxylic acids is 1. The van der Waals surface area contributed by atoms with Crippen LogP contribution in [-0.4, -0.2) is 11.1 Å². The normalized spacial score (nSPS) is 30.1. The van der Waals surface area contributed by atoms with E-state index in [0.717, 1.165) is 12.8 Å². The van der Waals surface area contributed by atoms with Gasteiger partial charge in [0.2, 0.25) is 0 Å². The highest BCUT2D eigenvalue weighted by molar-refractivity contribution is 5.73. The SMILES string of the molecule is CC(C)(C)CC1CC1C(=O)O. The van der Waals surface area contributed by atoms with Gasteiger partial charge in [-0.15, -0.1) is 0 Å². The van der Waals surface area contributed by atoms with Crippen molar-refractivity contribution in [3.05, 3.63) is 0 Å². The van der Waals surface area contributed by atoms with Gasteiger partial charge in [0.25, 0.3) is 0 Å². The molecule has 64 valence electrons. The molecule has 0 aromatic rings. The summed E-state index contributed by atoms with van der Waals surface area (Å²) in [6.45, 7) is 6.47. The van der Waals surface area contributed by atoms with Crippen LogP contribution in [0.15, 0.2) is 0 Å². The maximum Gasteiger partial charge on any atom is 0.306 e. The van der Waals surface area contributed by atoms with E-state index in [9.17, 15) is 4.79 Å². The molecule has 2 unspecified atom stereocenters. The predicted molar refractivity (Wildman–Crippen MR) is 43.3 cm³/mol. The number of carbonyl (C=O) groups is 1. The number of hydrogen-bond donors (Lipinski definition) is 1. The monoisotopic (exact) mass is 156 g/mol. The summed E-state index contributed by atoms with van der Waals surface area (Å²) in [5.74, 6) is -0.194. The highest BCUT2D eigenvalue weighted by Gasteiger charge is 2.44. The molecule has 1 aliphatic rings. The number of aliphatic carboxylic acids is 1. The molecule has 0 radical (unpaired) electrons. The largest absolute Gasteiger partial charge is 0.481 e. The first-order chi connectivity index (χ1) is 4.90. The minimum absolute atomic E-state index is 0.0331. The lowest BCUT2D eigenvalue weighted by Gasteiger charge is -2.17. The molecule has 1 rings (SSSR count). The van der Waals surface area contributed by atoms with Crippen LogP contribution in [0.3, 0.4) is 0 Å². The van der Waals surface area contributed by atoms with E-state index in [1.807, 2.05) is 0 Å². The zero-order valence-corrected chi connectivity index (χ0v) is 7.42. The lowest BCUT2D eigenvalue weighted by atomic mass is 9.89. The van der Waals surface area contributed by atoms with E-state index < -0.39 is 5.97 Å². The Bertz CT molecular complexity index is 167. The highest BCUT2D eigenvalue weighted by atomic mass is 16.4. The van der Waals surface area contributed by atoms with Crippen molar-refractivity contribution in [3.63, 3.8) is 0 Å². The third-order valence-corrected chi connectivity index (χ3v) is 2.11. The Morgan fingerprint density at radius 1 is 1.55 bits per heavy atom. The van der Waals surface area contributed by atoms with Crippen molar-refractivity contribution in [1.29, 1.82) is 0 Å². The average molecular weight is 156 g/mol. The van der Waals surface area contributed by atoms with Crippen LogP contribution < -0.4 is 0 Å². The quantitative estimate of drug-likeness (QED) is 0.665. The maximum atomic E-state index is 10.5. The van der Waals surface area contributed by atoms with Gasteiger partial charge in [0, 0.05) is 0 Å². The molecule has 0 aromatic heterocycles. The molecule has 0 aliphatic heterocycles. The molecule has 1 aliphatic carbocycles. The molecular weight excluding hydrogens is 140 g/mol. The van der Waals surface area contributed by atoms with Crippen LogP contribution in [0.4, 0.5) is 0 Å². The Balaban J connectivity index is 2.29. The molecule has 2 atom stereocenters. The van der Waals surface area contributed by atoms with Gasteiger partial charge in [-0.05, 0) is 24.2 Å². The maximum absolute atomic E-state index is 10.5. The molecule has 0 spiro atoms. The van der Waals surface area contributed by atoms with Gasteiger partial charge in [-0.25, -0.2) is 0 Å². The van der Waals surface area contributed by atoms with Crippen molar-refractivity contribution < 1.29 is 9.90 Å². The summed E-state index contributed by atoms with van der Waals surface area (Å²) in [6, 6.07) is 0. The highest BCUT2D eigenvalue weighted by Crippen LogP contribution is 2.46. The summed E-state index contributed by atoms with van der Waals surface area (Å²) >= 11 is 0. The second kappa shape index (κ2) is 2.50. The van der Waals surface area contributed by atoms with E-state index >= 15 is 0 Å². The molecule has 11 heavy (non-hydrogen) atoms. The summed E-state index contributed by atoms with van der Waals surface area (Å²) in [6.07, 6.45) is 1.94. The van der Waals surface area contributed by atoms with Crippen LogP contribution in [0.5, 0.6) is 0 Å². The third kappa shape index (κ3) is 2.52. The van der Waals surface area contributed by atoms with Crippen molar-refractivity contribution >= 4 is 5.97 Å². The van der Waals surface area contributed by atoms with Crippen LogP contribution in [-0.2, 0) is 4.79 Å². The number of carboxylic acid groups (broad SMARTS) is 1. The van der Waals surface area contributed by atoms with Crippen molar-refractivity contribution in [2.24, 2.45) is 17.3 Å². The summed E-state index contributed by atoms with van der Waals surface area (Å²) in [5.41, 5.74) is 0.287. The minimum Gasteiger partial charge on any atom is -0.481 e. The molecule has 0 aromatic carbocycles. The fourth-order valence-corrected chi connectivity index (χ4v) is 1.56. The first-order valence-electron chi connectivity index (χ1n) is 4.13. The predicted octanol–water partition coefficient (Wildman–Crippen LogP) is 2.14. The van der Waals surface area contributed by atoms with Crippen molar-refractivity contribution in [2.75, 3.05) is 0 Å². The smallest absolute Gasteiger partial charge is 0.306 e. The van der Waals surface area contributed by atoms with Crippen LogP contribution in [0.2, 0.25) is 0 Å². The molecule has 1 N–H and O–H groups in total. The molecule has 0 heterocycles. The Hall–Kier alpha value is -0.530. The molecule has 1 fully saturated rings. The second-order valence-electron chi connectivity index (χ2n) is 4.71. The molecule has 0 amide bonds. The van der Waals surface area contributed by atoms with E-state index in [-0.39, 0.29) is 11.3 Å². The molecule has 2 heteroatoms. The Morgan fingerprint density at radius 3 is 2.36 bits per heavy atom. The molecule has 0 bridgehead atoms. The van der Waals surface area contributed by atoms with Crippen LogP contribution >= 0.6 is 0 Å². The summed E-state index contributed by atoms with van der Waals surface area (Å²) < 4.78 is 0. The van der Waals surface area contributed by atoms with E-state index in [1.165, 1.54) is 0 Å². The van der Waals surface area contributed by atoms with Gasteiger partial charge in [-0.2, -0.15) is 0 Å². The van der Waals surface area contributed by atoms with Gasteiger partial charge in [-0.3, -0.25) is 4.79 Å². The molecule has 0 saturated heterocycles. The fourth-order valence-electron chi connectivity index (χ4n) is 1.56. The van der Waals surface area contributed by atoms with Crippen molar-refractivity contribution in [3.8, 4) is 0 Å². The van der Waals surface area contributed by atoms with E-state index in [0.29, 0.717) is 5.92 Å². The van der Waals surface area contributed by atoms with Gasteiger partial charge in [0.15, 0.2) is 0 Å². The van der Waals surface area contributed by atoms with E-state index in [4.69, 9.17) is 5.11 Å². The van der Waals surface area contributed by atoms with Gasteiger partial charge in [-0.1, -0.05) is 20.8 Å². The van der Waals surface area contributed by atoms with E-state index in [2.05, 4.69) is 20.8 Å². The Morgan fingerprint density at radius 2 is 2.09 bits per heavy atom. The Labute approximate surface area is 67.6 Å². The molecular formula is C9H16O2. The number of hydrogen-bond acceptors (Lipinski definition) is 1. The zero-order chi connectivity index (χ0) is 8.65. The first kappa shape index (κ1) is 8.57. The fraction of sp³-hybridized carbons (Fsp3) is 0.889. The third-order valence-electron chi connectivity index (χ3n) is 2.11. The van der Waals surface area contributed by atoms with Crippen LogP contribution in [0.1, 0.15) is 33.6 Å². The summed E-state index contributed by atoms with van der Waals surface area (Å²) in [5, 5.41) is 8.62. The molecule has 1 saturated carbocycles. The lowest BCUT2D eigenvalue weighted by molar-refractivity contribution is -0.138. The molecule has 2 nitrogen and oxygen atoms in total. The second-order valence-corrected chi connectivity index (χ2v) is 4.71. The van der Waals surface area contributed by atoms with Gasteiger partial charge in [0.05, 0.1) is 5.92 Å². The van der Waals surface area contributed by atoms with Crippen LogP contribution in [0.25, 0.3) is 0 Å². The van der Waals surface area contributed by atoms with Gasteiger partial charge < -0.3 is 5.11 Å². The van der Waals surface area contributed by atoms with Crippen molar-refractivity contribution in [1.82, 2.24) is 0 Å². The first-order valence-corrected chi connectivity index (χ1v) is 4.13. The topological polar surface area (TPSA) is 37.3 Å². The van der Waals surface area contributed by atoms with Gasteiger partial charge in [0.1, 0.15) is 0 Å². The lowest BCUT2D eigenvalue weighted by Crippen LogP contribution is -2.08. The van der Waals surface area contributed by atoms with Gasteiger partial charge >= 0.3 is 5.97 Å². The summed E-state index contributed by atoms with van der Waals surface area (Å²) in [7, 11) is 0. The number of rotatable bonds is 2. The standard InChI is InChI=1S/C9H16O2/c1-9(2,3)5-6-4-7(6)8(10)11/h6-7H,4-5H2,1-3H3,(H,10,11). The zero-order valence-electron chi connectivity index (χ0n) is 7.42. The minimum atomic E-state index is -0.612.